The number of anilines is 2. The molecule has 0 aliphatic heterocycles. The maximum absolute atomic E-state index is 12.6. The predicted molar refractivity (Wildman–Crippen MR) is 80.9 cm³/mol. The van der Waals surface area contributed by atoms with Crippen molar-refractivity contribution in [2.75, 3.05) is 17.7 Å². The number of nitrogens with zero attached hydrogens (tertiary/aromatic N) is 4. The van der Waals surface area contributed by atoms with Crippen LogP contribution in [-0.2, 0) is 13.5 Å². The molecule has 0 saturated carbocycles. The minimum Gasteiger partial charge on any atom is -0.395 e. The van der Waals surface area contributed by atoms with Gasteiger partial charge in [0.1, 0.15) is 5.69 Å². The minimum absolute atomic E-state index is 0.253. The summed E-state index contributed by atoms with van der Waals surface area (Å²) in [6, 6.07) is 8.91. The number of benzene rings is 1. The molecule has 2 N–H and O–H groups in total. The standard InChI is InChI=1S/C15H17N5O/c1-4-12-13(17)14(20(3)18-12)15(21)19(2)11-7-5-6-10(8-11)9-16/h5-8H,4,17H2,1-3H3. The van der Waals surface area contributed by atoms with Crippen molar-refractivity contribution in [2.45, 2.75) is 13.3 Å². The number of rotatable bonds is 3. The van der Waals surface area contributed by atoms with E-state index in [0.29, 0.717) is 34.7 Å². The lowest BCUT2D eigenvalue weighted by molar-refractivity contribution is 0.0985. The van der Waals surface area contributed by atoms with E-state index in [2.05, 4.69) is 11.2 Å². The highest BCUT2D eigenvalue weighted by atomic mass is 16.2. The Bertz CT molecular complexity index is 726. The first-order valence-electron chi connectivity index (χ1n) is 6.59. The van der Waals surface area contributed by atoms with Gasteiger partial charge >= 0.3 is 0 Å². The van der Waals surface area contributed by atoms with E-state index in [9.17, 15) is 4.79 Å². The summed E-state index contributed by atoms with van der Waals surface area (Å²) < 4.78 is 1.50. The molecule has 0 radical (unpaired) electrons. The van der Waals surface area contributed by atoms with E-state index < -0.39 is 0 Å². The molecule has 2 rings (SSSR count). The maximum atomic E-state index is 12.6. The van der Waals surface area contributed by atoms with E-state index >= 15 is 0 Å². The Labute approximate surface area is 123 Å². The number of nitriles is 1. The topological polar surface area (TPSA) is 87.9 Å². The van der Waals surface area contributed by atoms with Crippen LogP contribution in [0.5, 0.6) is 0 Å². The molecule has 0 aliphatic rings. The van der Waals surface area contributed by atoms with Crippen LogP contribution in [0.15, 0.2) is 24.3 Å². The molecule has 108 valence electrons. The van der Waals surface area contributed by atoms with Crippen molar-refractivity contribution < 1.29 is 4.79 Å². The Morgan fingerprint density at radius 1 is 1.52 bits per heavy atom. The van der Waals surface area contributed by atoms with Crippen LogP contribution in [0.3, 0.4) is 0 Å². The molecule has 1 aromatic carbocycles. The second kappa shape index (κ2) is 5.67. The molecular weight excluding hydrogens is 266 g/mol. The van der Waals surface area contributed by atoms with Crippen molar-refractivity contribution in [2.24, 2.45) is 7.05 Å². The highest BCUT2D eigenvalue weighted by Gasteiger charge is 2.23. The monoisotopic (exact) mass is 283 g/mol. The zero-order chi connectivity index (χ0) is 15.6. The number of hydrogen-bond donors (Lipinski definition) is 1. The third kappa shape index (κ3) is 2.58. The Kier molecular flexibility index (Phi) is 3.94. The number of carbonyl (C=O) groups is 1. The van der Waals surface area contributed by atoms with Gasteiger partial charge in [-0.1, -0.05) is 13.0 Å². The van der Waals surface area contributed by atoms with E-state index in [0.717, 1.165) is 0 Å². The van der Waals surface area contributed by atoms with E-state index in [4.69, 9.17) is 11.0 Å². The fourth-order valence-corrected chi connectivity index (χ4v) is 2.17. The van der Waals surface area contributed by atoms with Gasteiger partial charge in [0, 0.05) is 19.8 Å². The lowest BCUT2D eigenvalue weighted by Gasteiger charge is -2.18. The summed E-state index contributed by atoms with van der Waals surface area (Å²) in [5, 5.41) is 13.2. The normalized spacial score (nSPS) is 10.2. The zero-order valence-electron chi connectivity index (χ0n) is 12.3. The lowest BCUT2D eigenvalue weighted by atomic mass is 10.2. The molecule has 0 bridgehead atoms. The van der Waals surface area contributed by atoms with E-state index in [-0.39, 0.29) is 5.91 Å². The van der Waals surface area contributed by atoms with Crippen LogP contribution in [0.4, 0.5) is 11.4 Å². The number of amides is 1. The van der Waals surface area contributed by atoms with Crippen molar-refractivity contribution in [3.05, 3.63) is 41.2 Å². The molecule has 2 aromatic rings. The van der Waals surface area contributed by atoms with E-state index in [1.54, 1.807) is 38.4 Å². The number of nitrogen functional groups attached to an aromatic ring is 1. The molecule has 1 aromatic heterocycles. The zero-order valence-corrected chi connectivity index (χ0v) is 12.3. The van der Waals surface area contributed by atoms with Gasteiger partial charge in [0.25, 0.3) is 5.91 Å². The van der Waals surface area contributed by atoms with Gasteiger partial charge in [0.15, 0.2) is 0 Å². The summed E-state index contributed by atoms with van der Waals surface area (Å²) in [6.07, 6.45) is 0.667. The molecule has 0 fully saturated rings. The van der Waals surface area contributed by atoms with Crippen LogP contribution in [-0.4, -0.2) is 22.7 Å². The van der Waals surface area contributed by atoms with Gasteiger partial charge in [-0.3, -0.25) is 9.48 Å². The summed E-state index contributed by atoms with van der Waals surface area (Å²) in [7, 11) is 3.35. The third-order valence-electron chi connectivity index (χ3n) is 3.36. The summed E-state index contributed by atoms with van der Waals surface area (Å²) >= 11 is 0. The van der Waals surface area contributed by atoms with Crippen LogP contribution >= 0.6 is 0 Å². The molecule has 1 heterocycles. The molecule has 0 unspecified atom stereocenters. The van der Waals surface area contributed by atoms with Gasteiger partial charge in [-0.2, -0.15) is 10.4 Å². The number of aryl methyl sites for hydroxylation is 2. The summed E-state index contributed by atoms with van der Waals surface area (Å²) in [5.74, 6) is -0.253. The van der Waals surface area contributed by atoms with Crippen molar-refractivity contribution in [3.63, 3.8) is 0 Å². The average molecular weight is 283 g/mol. The van der Waals surface area contributed by atoms with Crippen LogP contribution in [0, 0.1) is 11.3 Å². The van der Waals surface area contributed by atoms with Crippen LogP contribution in [0.25, 0.3) is 0 Å². The summed E-state index contributed by atoms with van der Waals surface area (Å²) in [5.41, 5.74) is 8.62. The second-order valence-corrected chi connectivity index (χ2v) is 4.71. The van der Waals surface area contributed by atoms with Gasteiger partial charge in [-0.05, 0) is 24.6 Å². The fourth-order valence-electron chi connectivity index (χ4n) is 2.17. The quantitative estimate of drug-likeness (QED) is 0.928. The smallest absolute Gasteiger partial charge is 0.278 e. The van der Waals surface area contributed by atoms with Gasteiger partial charge in [0.2, 0.25) is 0 Å². The minimum atomic E-state index is -0.253. The lowest BCUT2D eigenvalue weighted by Crippen LogP contribution is -2.29. The van der Waals surface area contributed by atoms with Crippen molar-refractivity contribution in [1.82, 2.24) is 9.78 Å². The van der Waals surface area contributed by atoms with Crippen LogP contribution in [0.2, 0.25) is 0 Å². The molecule has 0 aliphatic carbocycles. The van der Waals surface area contributed by atoms with Crippen molar-refractivity contribution in [1.29, 1.82) is 5.26 Å². The molecular formula is C15H17N5O. The average Bonchev–Trinajstić information content (AvgIpc) is 2.80. The molecule has 6 heteroatoms. The fraction of sp³-hybridized carbons (Fsp3) is 0.267. The molecule has 0 spiro atoms. The predicted octanol–water partition coefficient (Wildman–Crippen LogP) is 1.71. The number of carbonyl (C=O) groups excluding carboxylic acids is 1. The highest BCUT2D eigenvalue weighted by molar-refractivity contribution is 6.08. The van der Waals surface area contributed by atoms with Crippen molar-refractivity contribution in [3.8, 4) is 6.07 Å². The third-order valence-corrected chi connectivity index (χ3v) is 3.36. The van der Waals surface area contributed by atoms with Gasteiger partial charge in [0.05, 0.1) is 23.0 Å². The van der Waals surface area contributed by atoms with Crippen LogP contribution in [0.1, 0.15) is 28.7 Å². The number of hydrogen-bond acceptors (Lipinski definition) is 4. The Hall–Kier alpha value is -2.81. The van der Waals surface area contributed by atoms with Gasteiger partial charge < -0.3 is 10.6 Å². The Morgan fingerprint density at radius 3 is 2.81 bits per heavy atom. The first kappa shape index (κ1) is 14.6. The van der Waals surface area contributed by atoms with Gasteiger partial charge in [-0.15, -0.1) is 0 Å². The molecule has 0 atom stereocenters. The first-order chi connectivity index (χ1) is 9.99. The largest absolute Gasteiger partial charge is 0.395 e. The Balaban J connectivity index is 2.40. The van der Waals surface area contributed by atoms with Crippen LogP contribution < -0.4 is 10.6 Å². The maximum Gasteiger partial charge on any atom is 0.278 e. The molecule has 0 saturated heterocycles. The van der Waals surface area contributed by atoms with Crippen molar-refractivity contribution >= 4 is 17.3 Å². The molecule has 21 heavy (non-hydrogen) atoms. The second-order valence-electron chi connectivity index (χ2n) is 4.71. The van der Waals surface area contributed by atoms with E-state index in [1.165, 1.54) is 9.58 Å². The summed E-state index contributed by atoms with van der Waals surface area (Å²) in [6.45, 7) is 1.94. The molecule has 1 amide bonds. The SMILES string of the molecule is CCc1nn(C)c(C(=O)N(C)c2cccc(C#N)c2)c1N. The van der Waals surface area contributed by atoms with E-state index in [1.807, 2.05) is 6.92 Å². The first-order valence-corrected chi connectivity index (χ1v) is 6.59. The Morgan fingerprint density at radius 2 is 2.24 bits per heavy atom. The van der Waals surface area contributed by atoms with Gasteiger partial charge in [-0.25, -0.2) is 0 Å². The number of nitrogens with two attached hydrogens (primary N) is 1. The highest BCUT2D eigenvalue weighted by Crippen LogP contribution is 2.22. The number of aromatic nitrogens is 2. The summed E-state index contributed by atoms with van der Waals surface area (Å²) in [4.78, 5) is 14.1. The molecule has 6 nitrogen and oxygen atoms in total.